The predicted octanol–water partition coefficient (Wildman–Crippen LogP) is 5.31. The normalized spacial score (nSPS) is 20.1. The molecule has 7 nitrogen and oxygen atoms in total. The van der Waals surface area contributed by atoms with Gasteiger partial charge in [-0.25, -0.2) is 4.79 Å². The molecule has 0 bridgehead atoms. The van der Waals surface area contributed by atoms with Crippen LogP contribution in [0.4, 0.5) is 5.69 Å². The fourth-order valence-corrected chi connectivity index (χ4v) is 5.92. The van der Waals surface area contributed by atoms with Gasteiger partial charge in [-0.2, -0.15) is 11.8 Å². The minimum absolute atomic E-state index is 0.0528. The standard InChI is InChI=1S/C25H26N2O5S2/c1-3-33-11-9-32-25(29)22-15(2)26-19-13-17(21-8-5-10-34-21)14-20(28)24(19)23(22)16-6-4-7-18(12-16)27(30)31/h4-8,10,12,17,23,26H,3,9,11,13-14H2,1-2H3/t17-,23+/m1/s1. The second-order valence-electron chi connectivity index (χ2n) is 8.22. The van der Waals surface area contributed by atoms with Crippen LogP contribution in [0, 0.1) is 10.1 Å². The van der Waals surface area contributed by atoms with Gasteiger partial charge in [0.15, 0.2) is 5.78 Å². The third kappa shape index (κ3) is 4.95. The number of allylic oxidation sites excluding steroid dienone is 3. The van der Waals surface area contributed by atoms with E-state index < -0.39 is 16.8 Å². The van der Waals surface area contributed by atoms with Gasteiger partial charge in [0.25, 0.3) is 5.69 Å². The minimum atomic E-state index is -0.709. The Bertz CT molecular complexity index is 1170. The molecule has 0 saturated carbocycles. The van der Waals surface area contributed by atoms with Crippen molar-refractivity contribution in [3.05, 3.63) is 84.9 Å². The van der Waals surface area contributed by atoms with Crippen LogP contribution in [0.25, 0.3) is 0 Å². The highest BCUT2D eigenvalue weighted by Crippen LogP contribution is 2.46. The largest absolute Gasteiger partial charge is 0.461 e. The van der Waals surface area contributed by atoms with Gasteiger partial charge in [0.1, 0.15) is 6.61 Å². The summed E-state index contributed by atoms with van der Waals surface area (Å²) in [6.45, 7) is 4.09. The first-order chi connectivity index (χ1) is 16.4. The van der Waals surface area contributed by atoms with E-state index >= 15 is 0 Å². The predicted molar refractivity (Wildman–Crippen MR) is 134 cm³/mol. The SMILES string of the molecule is CCSCCOC(=O)C1=C(C)NC2=C(C(=O)C[C@H](c3cccs3)C2)[C@H]1c1cccc([N+](=O)[O-])c1. The number of nitro groups is 1. The van der Waals surface area contributed by atoms with Crippen molar-refractivity contribution < 1.29 is 19.2 Å². The van der Waals surface area contributed by atoms with Gasteiger partial charge in [-0.3, -0.25) is 14.9 Å². The van der Waals surface area contributed by atoms with Crippen molar-refractivity contribution in [2.24, 2.45) is 0 Å². The molecule has 0 fully saturated rings. The lowest BCUT2D eigenvalue weighted by atomic mass is 9.72. The number of non-ortho nitro benzene ring substituents is 1. The van der Waals surface area contributed by atoms with Crippen LogP contribution in [-0.4, -0.2) is 34.8 Å². The number of esters is 1. The third-order valence-electron chi connectivity index (χ3n) is 6.07. The van der Waals surface area contributed by atoms with Crippen LogP contribution in [0.15, 0.2) is 64.3 Å². The number of nitrogens with zero attached hydrogens (tertiary/aromatic N) is 1. The lowest BCUT2D eigenvalue weighted by Crippen LogP contribution is -2.36. The number of thioether (sulfide) groups is 1. The first kappa shape index (κ1) is 24.2. The topological polar surface area (TPSA) is 98.5 Å². The van der Waals surface area contributed by atoms with Crippen LogP contribution >= 0.6 is 23.1 Å². The summed E-state index contributed by atoms with van der Waals surface area (Å²) < 4.78 is 5.55. The van der Waals surface area contributed by atoms with Gasteiger partial charge in [-0.15, -0.1) is 11.3 Å². The summed E-state index contributed by atoms with van der Waals surface area (Å²) in [6, 6.07) is 10.2. The van der Waals surface area contributed by atoms with E-state index in [2.05, 4.69) is 5.32 Å². The van der Waals surface area contributed by atoms with Crippen molar-refractivity contribution in [1.82, 2.24) is 5.32 Å². The van der Waals surface area contributed by atoms with Crippen molar-refractivity contribution in [3.8, 4) is 0 Å². The number of nitro benzene ring substituents is 1. The molecule has 4 rings (SSSR count). The highest BCUT2D eigenvalue weighted by atomic mass is 32.2. The Morgan fingerprint density at radius 1 is 1.29 bits per heavy atom. The van der Waals surface area contributed by atoms with Crippen LogP contribution < -0.4 is 5.32 Å². The average Bonchev–Trinajstić information content (AvgIpc) is 3.36. The van der Waals surface area contributed by atoms with E-state index in [-0.39, 0.29) is 24.0 Å². The zero-order valence-electron chi connectivity index (χ0n) is 19.0. The van der Waals surface area contributed by atoms with Crippen LogP contribution in [0.2, 0.25) is 0 Å². The molecule has 2 heterocycles. The summed E-state index contributed by atoms with van der Waals surface area (Å²) in [4.78, 5) is 38.8. The van der Waals surface area contributed by atoms with Crippen LogP contribution in [0.1, 0.15) is 49.0 Å². The zero-order valence-corrected chi connectivity index (χ0v) is 20.7. The number of carbonyl (C=O) groups is 2. The van der Waals surface area contributed by atoms with Gasteiger partial charge in [0, 0.05) is 58.0 Å². The Morgan fingerprint density at radius 2 is 2.12 bits per heavy atom. The number of dihydropyridines is 1. The van der Waals surface area contributed by atoms with Crippen LogP contribution in [0.3, 0.4) is 0 Å². The van der Waals surface area contributed by atoms with E-state index in [4.69, 9.17) is 4.74 Å². The summed E-state index contributed by atoms with van der Waals surface area (Å²) >= 11 is 3.30. The first-order valence-electron chi connectivity index (χ1n) is 11.2. The number of carbonyl (C=O) groups excluding carboxylic acids is 2. The van der Waals surface area contributed by atoms with Crippen molar-refractivity contribution in [2.45, 2.75) is 38.5 Å². The lowest BCUT2D eigenvalue weighted by molar-refractivity contribution is -0.384. The molecule has 0 saturated heterocycles. The average molecular weight is 499 g/mol. The lowest BCUT2D eigenvalue weighted by Gasteiger charge is -2.36. The smallest absolute Gasteiger partial charge is 0.336 e. The van der Waals surface area contributed by atoms with Crippen molar-refractivity contribution in [1.29, 1.82) is 0 Å². The zero-order chi connectivity index (χ0) is 24.2. The highest BCUT2D eigenvalue weighted by molar-refractivity contribution is 7.99. The van der Waals surface area contributed by atoms with Crippen molar-refractivity contribution >= 4 is 40.5 Å². The molecule has 34 heavy (non-hydrogen) atoms. The quantitative estimate of drug-likeness (QED) is 0.228. The van der Waals surface area contributed by atoms with Crippen LogP contribution in [-0.2, 0) is 14.3 Å². The van der Waals surface area contributed by atoms with Crippen LogP contribution in [0.5, 0.6) is 0 Å². The molecule has 0 amide bonds. The fourth-order valence-electron chi connectivity index (χ4n) is 4.60. The van der Waals surface area contributed by atoms with E-state index in [1.165, 1.54) is 12.1 Å². The molecule has 9 heteroatoms. The second kappa shape index (κ2) is 10.6. The number of hydrogen-bond donors (Lipinski definition) is 1. The molecule has 1 aliphatic carbocycles. The first-order valence-corrected chi connectivity index (χ1v) is 13.2. The molecule has 1 aromatic carbocycles. The van der Waals surface area contributed by atoms with Gasteiger partial charge in [0.2, 0.25) is 0 Å². The number of hydrogen-bond acceptors (Lipinski definition) is 8. The molecular formula is C25H26N2O5S2. The maximum atomic E-state index is 13.5. The number of nitrogens with one attached hydrogen (secondary N) is 1. The Kier molecular flexibility index (Phi) is 7.53. The van der Waals surface area contributed by atoms with Gasteiger partial charge in [-0.1, -0.05) is 25.1 Å². The van der Waals surface area contributed by atoms with Crippen molar-refractivity contribution in [3.63, 3.8) is 0 Å². The molecule has 0 spiro atoms. The highest BCUT2D eigenvalue weighted by Gasteiger charge is 2.41. The Hall–Kier alpha value is -2.91. The van der Waals surface area contributed by atoms with E-state index in [1.807, 2.05) is 24.4 Å². The Balaban J connectivity index is 1.75. The molecule has 2 aromatic rings. The van der Waals surface area contributed by atoms with Gasteiger partial charge < -0.3 is 10.1 Å². The molecule has 1 N–H and O–H groups in total. The maximum absolute atomic E-state index is 13.5. The molecule has 178 valence electrons. The number of thiophene rings is 1. The van der Waals surface area contributed by atoms with Gasteiger partial charge in [-0.05, 0) is 36.1 Å². The van der Waals surface area contributed by atoms with E-state index in [9.17, 15) is 19.7 Å². The second-order valence-corrected chi connectivity index (χ2v) is 10.6. The number of Topliss-reactive ketones (excluding diaryl/α,β-unsaturated/α-hetero) is 1. The monoisotopic (exact) mass is 498 g/mol. The molecule has 1 aliphatic heterocycles. The fraction of sp³-hybridized carbons (Fsp3) is 0.360. The number of benzene rings is 1. The molecule has 2 aliphatic rings. The minimum Gasteiger partial charge on any atom is -0.461 e. The molecule has 0 unspecified atom stereocenters. The molecule has 0 radical (unpaired) electrons. The number of ketones is 1. The van der Waals surface area contributed by atoms with E-state index in [0.29, 0.717) is 41.0 Å². The summed E-state index contributed by atoms with van der Waals surface area (Å²) in [7, 11) is 0. The number of ether oxygens (including phenoxy) is 1. The maximum Gasteiger partial charge on any atom is 0.336 e. The van der Waals surface area contributed by atoms with E-state index in [0.717, 1.165) is 16.3 Å². The Labute approximate surface area is 206 Å². The Morgan fingerprint density at radius 3 is 2.82 bits per heavy atom. The summed E-state index contributed by atoms with van der Waals surface area (Å²) in [5, 5.41) is 16.8. The molecule has 2 atom stereocenters. The summed E-state index contributed by atoms with van der Waals surface area (Å²) in [6.07, 6.45) is 0.973. The summed E-state index contributed by atoms with van der Waals surface area (Å²) in [5.41, 5.74) is 2.70. The van der Waals surface area contributed by atoms with Gasteiger partial charge >= 0.3 is 5.97 Å². The summed E-state index contributed by atoms with van der Waals surface area (Å²) in [5.74, 6) is 0.406. The van der Waals surface area contributed by atoms with Gasteiger partial charge in [0.05, 0.1) is 10.5 Å². The molecular weight excluding hydrogens is 472 g/mol. The third-order valence-corrected chi connectivity index (χ3v) is 7.97. The van der Waals surface area contributed by atoms with E-state index in [1.54, 1.807) is 42.2 Å². The molecule has 1 aromatic heterocycles. The number of rotatable bonds is 8. The van der Waals surface area contributed by atoms with Crippen molar-refractivity contribution in [2.75, 3.05) is 18.1 Å².